The fourth-order valence-electron chi connectivity index (χ4n) is 2.57. The molecule has 3 heteroatoms. The summed E-state index contributed by atoms with van der Waals surface area (Å²) in [5.74, 6) is 0. The molecule has 102 valence electrons. The molecule has 19 heavy (non-hydrogen) atoms. The summed E-state index contributed by atoms with van der Waals surface area (Å²) >= 11 is 1.80. The predicted octanol–water partition coefficient (Wildman–Crippen LogP) is 3.88. The molecule has 1 aromatic heterocycles. The van der Waals surface area contributed by atoms with E-state index in [4.69, 9.17) is 0 Å². The van der Waals surface area contributed by atoms with Crippen LogP contribution in [0.1, 0.15) is 38.3 Å². The molecule has 1 N–H and O–H groups in total. The minimum atomic E-state index is 0.353. The Morgan fingerprint density at radius 2 is 1.79 bits per heavy atom. The van der Waals surface area contributed by atoms with Crippen LogP contribution in [0, 0.1) is 27.7 Å². The summed E-state index contributed by atoms with van der Waals surface area (Å²) in [6.45, 7) is 8.57. The van der Waals surface area contributed by atoms with E-state index < -0.39 is 0 Å². The second-order valence-electron chi connectivity index (χ2n) is 5.10. The normalized spacial score (nSPS) is 12.7. The Hall–Kier alpha value is -1.19. The van der Waals surface area contributed by atoms with Gasteiger partial charge in [0.2, 0.25) is 0 Å². The van der Waals surface area contributed by atoms with E-state index in [0.717, 1.165) is 17.1 Å². The molecule has 0 spiro atoms. The Bertz CT molecular complexity index is 552. The van der Waals surface area contributed by atoms with E-state index >= 15 is 0 Å². The van der Waals surface area contributed by atoms with Crippen LogP contribution in [0.25, 0.3) is 0 Å². The summed E-state index contributed by atoms with van der Waals surface area (Å²) in [5.41, 5.74) is 5.36. The average Bonchev–Trinajstić information content (AvgIpc) is 2.68. The van der Waals surface area contributed by atoms with E-state index in [-0.39, 0.29) is 0 Å². The van der Waals surface area contributed by atoms with Gasteiger partial charge in [-0.15, -0.1) is 11.3 Å². The van der Waals surface area contributed by atoms with Gasteiger partial charge in [-0.05, 0) is 57.9 Å². The number of rotatable bonds is 4. The molecule has 2 nitrogen and oxygen atoms in total. The molecule has 0 radical (unpaired) electrons. The maximum Gasteiger partial charge on any atom is 0.0900 e. The summed E-state index contributed by atoms with van der Waals surface area (Å²) in [4.78, 5) is 5.91. The van der Waals surface area contributed by atoms with Gasteiger partial charge in [0.1, 0.15) is 0 Å². The second kappa shape index (κ2) is 5.85. The smallest absolute Gasteiger partial charge is 0.0900 e. The Morgan fingerprint density at radius 3 is 2.26 bits per heavy atom. The van der Waals surface area contributed by atoms with Crippen LogP contribution in [0.2, 0.25) is 0 Å². The molecule has 0 aliphatic rings. The average molecular weight is 274 g/mol. The molecule has 0 amide bonds. The summed E-state index contributed by atoms with van der Waals surface area (Å²) in [5, 5.41) is 4.59. The largest absolute Gasteiger partial charge is 0.312 e. The molecule has 1 aromatic carbocycles. The van der Waals surface area contributed by atoms with E-state index in [1.165, 1.54) is 21.6 Å². The van der Waals surface area contributed by atoms with Gasteiger partial charge >= 0.3 is 0 Å². The highest BCUT2D eigenvalue weighted by Crippen LogP contribution is 2.29. The number of nitrogens with zero attached hydrogens (tertiary/aromatic N) is 1. The van der Waals surface area contributed by atoms with Gasteiger partial charge in [0.25, 0.3) is 0 Å². The van der Waals surface area contributed by atoms with Crippen LogP contribution in [-0.2, 0) is 6.42 Å². The van der Waals surface area contributed by atoms with Crippen LogP contribution in [0.5, 0.6) is 0 Å². The zero-order valence-corrected chi connectivity index (χ0v) is 13.2. The van der Waals surface area contributed by atoms with Crippen molar-refractivity contribution in [1.82, 2.24) is 10.3 Å². The zero-order valence-electron chi connectivity index (χ0n) is 12.4. The first-order valence-electron chi connectivity index (χ1n) is 6.69. The van der Waals surface area contributed by atoms with Gasteiger partial charge in [-0.2, -0.15) is 0 Å². The first-order chi connectivity index (χ1) is 9.02. The van der Waals surface area contributed by atoms with Crippen LogP contribution < -0.4 is 5.32 Å². The van der Waals surface area contributed by atoms with Gasteiger partial charge in [-0.25, -0.2) is 4.98 Å². The lowest BCUT2D eigenvalue weighted by molar-refractivity contribution is 0.595. The van der Waals surface area contributed by atoms with Crippen LogP contribution in [0.15, 0.2) is 18.2 Å². The Balaban J connectivity index is 2.32. The number of aromatic nitrogens is 1. The van der Waals surface area contributed by atoms with Crippen molar-refractivity contribution in [3.8, 4) is 0 Å². The SMILES string of the molecule is CNC(Cc1c(C)cccc1C)c1sc(C)nc1C. The fraction of sp³-hybridized carbons (Fsp3) is 0.438. The van der Waals surface area contributed by atoms with Gasteiger partial charge in [0.05, 0.1) is 10.7 Å². The van der Waals surface area contributed by atoms with Crippen molar-refractivity contribution in [2.75, 3.05) is 7.05 Å². The number of thiazole rings is 1. The summed E-state index contributed by atoms with van der Waals surface area (Å²) < 4.78 is 0. The van der Waals surface area contributed by atoms with Crippen molar-refractivity contribution in [1.29, 1.82) is 0 Å². The lowest BCUT2D eigenvalue weighted by atomic mass is 9.95. The minimum Gasteiger partial charge on any atom is -0.312 e. The van der Waals surface area contributed by atoms with Crippen LogP contribution in [0.3, 0.4) is 0 Å². The molecular weight excluding hydrogens is 252 g/mol. The van der Waals surface area contributed by atoms with E-state index in [0.29, 0.717) is 6.04 Å². The van der Waals surface area contributed by atoms with Crippen LogP contribution in [0.4, 0.5) is 0 Å². The number of likely N-dealkylation sites (N-methyl/N-ethyl adjacent to an activating group) is 1. The topological polar surface area (TPSA) is 24.9 Å². The first-order valence-corrected chi connectivity index (χ1v) is 7.51. The summed E-state index contributed by atoms with van der Waals surface area (Å²) in [7, 11) is 2.03. The molecule has 2 rings (SSSR count). The Labute approximate surface area is 119 Å². The molecule has 0 saturated carbocycles. The molecule has 0 bridgehead atoms. The lowest BCUT2D eigenvalue weighted by Gasteiger charge is -2.18. The molecule has 0 saturated heterocycles. The quantitative estimate of drug-likeness (QED) is 0.915. The van der Waals surface area contributed by atoms with E-state index in [1.807, 2.05) is 7.05 Å². The van der Waals surface area contributed by atoms with Gasteiger partial charge in [-0.1, -0.05) is 18.2 Å². The standard InChI is InChI=1S/C16H22N2S/c1-10-7-6-8-11(2)14(10)9-15(17-5)16-12(3)18-13(4)19-16/h6-8,15,17H,9H2,1-5H3. The van der Waals surface area contributed by atoms with Gasteiger partial charge in [-0.3, -0.25) is 0 Å². The molecule has 0 aliphatic heterocycles. The minimum absolute atomic E-state index is 0.353. The Kier molecular flexibility index (Phi) is 4.38. The monoisotopic (exact) mass is 274 g/mol. The van der Waals surface area contributed by atoms with Crippen molar-refractivity contribution in [3.05, 3.63) is 50.5 Å². The third kappa shape index (κ3) is 3.04. The summed E-state index contributed by atoms with van der Waals surface area (Å²) in [6, 6.07) is 6.87. The highest BCUT2D eigenvalue weighted by molar-refractivity contribution is 7.11. The van der Waals surface area contributed by atoms with E-state index in [2.05, 4.69) is 56.2 Å². The van der Waals surface area contributed by atoms with Gasteiger partial charge in [0, 0.05) is 10.9 Å². The molecule has 0 fully saturated rings. The van der Waals surface area contributed by atoms with Crippen molar-refractivity contribution in [2.45, 2.75) is 40.2 Å². The molecule has 0 aliphatic carbocycles. The number of benzene rings is 1. The Morgan fingerprint density at radius 1 is 1.16 bits per heavy atom. The fourth-order valence-corrected chi connectivity index (χ4v) is 3.61. The highest BCUT2D eigenvalue weighted by Gasteiger charge is 2.18. The van der Waals surface area contributed by atoms with Crippen molar-refractivity contribution >= 4 is 11.3 Å². The maximum atomic E-state index is 4.54. The second-order valence-corrected chi connectivity index (χ2v) is 6.33. The van der Waals surface area contributed by atoms with Crippen molar-refractivity contribution in [2.24, 2.45) is 0 Å². The van der Waals surface area contributed by atoms with Crippen LogP contribution >= 0.6 is 11.3 Å². The maximum absolute atomic E-state index is 4.54. The molecule has 1 unspecified atom stereocenters. The molecule has 1 heterocycles. The first kappa shape index (κ1) is 14.2. The summed E-state index contributed by atoms with van der Waals surface area (Å²) in [6.07, 6.45) is 1.03. The number of hydrogen-bond donors (Lipinski definition) is 1. The van der Waals surface area contributed by atoms with Crippen molar-refractivity contribution in [3.63, 3.8) is 0 Å². The van der Waals surface area contributed by atoms with Crippen LogP contribution in [-0.4, -0.2) is 12.0 Å². The number of hydrogen-bond acceptors (Lipinski definition) is 3. The third-order valence-corrected chi connectivity index (χ3v) is 4.84. The van der Waals surface area contributed by atoms with Gasteiger partial charge in [0.15, 0.2) is 0 Å². The van der Waals surface area contributed by atoms with Gasteiger partial charge < -0.3 is 5.32 Å². The molecule has 1 atom stereocenters. The van der Waals surface area contributed by atoms with Crippen molar-refractivity contribution < 1.29 is 0 Å². The highest BCUT2D eigenvalue weighted by atomic mass is 32.1. The molecule has 2 aromatic rings. The number of nitrogens with one attached hydrogen (secondary N) is 1. The van der Waals surface area contributed by atoms with E-state index in [9.17, 15) is 0 Å². The zero-order chi connectivity index (χ0) is 14.0. The predicted molar refractivity (Wildman–Crippen MR) is 83.0 cm³/mol. The molecular formula is C16H22N2S. The third-order valence-electron chi connectivity index (χ3n) is 3.66. The number of aryl methyl sites for hydroxylation is 4. The van der Waals surface area contributed by atoms with E-state index in [1.54, 1.807) is 11.3 Å². The lowest BCUT2D eigenvalue weighted by Crippen LogP contribution is -2.19.